The van der Waals surface area contributed by atoms with Crippen LogP contribution >= 0.6 is 0 Å². The van der Waals surface area contributed by atoms with Gasteiger partial charge in [-0.2, -0.15) is 0 Å². The summed E-state index contributed by atoms with van der Waals surface area (Å²) >= 11 is 0. The molecule has 0 bridgehead atoms. The largest absolute Gasteiger partial charge is 0.389 e. The van der Waals surface area contributed by atoms with E-state index in [1.54, 1.807) is 13.1 Å². The predicted octanol–water partition coefficient (Wildman–Crippen LogP) is 2.53. The fourth-order valence-corrected chi connectivity index (χ4v) is 2.43. The highest BCUT2D eigenvalue weighted by atomic mass is 16.5. The number of nitrogens with zero attached hydrogens (tertiary/aromatic N) is 2. The maximum atomic E-state index is 9.64. The average Bonchev–Trinajstić information content (AvgIpc) is 2.45. The fourth-order valence-electron chi connectivity index (χ4n) is 2.43. The first-order chi connectivity index (χ1) is 9.20. The molecule has 0 aliphatic carbocycles. The first-order valence-corrected chi connectivity index (χ1v) is 7.21. The molecule has 1 aliphatic rings. The van der Waals surface area contributed by atoms with E-state index in [0.717, 1.165) is 50.3 Å². The van der Waals surface area contributed by atoms with Gasteiger partial charge in [-0.15, -0.1) is 0 Å². The third-order valence-corrected chi connectivity index (χ3v) is 3.51. The van der Waals surface area contributed by atoms with Crippen LogP contribution in [0.2, 0.25) is 0 Å². The van der Waals surface area contributed by atoms with Crippen molar-refractivity contribution in [1.82, 2.24) is 4.98 Å². The fraction of sp³-hybridized carbons (Fsp3) is 0.667. The Bertz CT molecular complexity index is 395. The van der Waals surface area contributed by atoms with Crippen LogP contribution in [0.4, 0.5) is 5.82 Å². The van der Waals surface area contributed by atoms with Crippen LogP contribution in [0.25, 0.3) is 0 Å². The number of ether oxygens (including phenoxy) is 1. The van der Waals surface area contributed by atoms with Gasteiger partial charge in [0.2, 0.25) is 0 Å². The summed E-state index contributed by atoms with van der Waals surface area (Å²) < 4.78 is 5.84. The van der Waals surface area contributed by atoms with Crippen molar-refractivity contribution in [3.8, 4) is 0 Å². The molecule has 1 N–H and O–H groups in total. The van der Waals surface area contributed by atoms with Gasteiger partial charge in [0.15, 0.2) is 0 Å². The van der Waals surface area contributed by atoms with Crippen LogP contribution in [0.15, 0.2) is 18.3 Å². The van der Waals surface area contributed by atoms with Crippen LogP contribution in [-0.2, 0) is 4.74 Å². The number of aliphatic hydroxyl groups is 1. The minimum Gasteiger partial charge on any atom is -0.389 e. The van der Waals surface area contributed by atoms with Gasteiger partial charge >= 0.3 is 0 Å². The number of aromatic nitrogens is 1. The second-order valence-electron chi connectivity index (χ2n) is 5.20. The van der Waals surface area contributed by atoms with Crippen LogP contribution in [-0.4, -0.2) is 35.9 Å². The summed E-state index contributed by atoms with van der Waals surface area (Å²) in [5.41, 5.74) is 0.918. The van der Waals surface area contributed by atoms with E-state index in [1.165, 1.54) is 0 Å². The van der Waals surface area contributed by atoms with Gasteiger partial charge in [0.05, 0.1) is 12.2 Å². The quantitative estimate of drug-likeness (QED) is 0.887. The maximum absolute atomic E-state index is 9.64. The Morgan fingerprint density at radius 1 is 1.58 bits per heavy atom. The molecule has 0 spiro atoms. The number of rotatable bonds is 5. The van der Waals surface area contributed by atoms with Gasteiger partial charge in [-0.05, 0) is 43.9 Å². The van der Waals surface area contributed by atoms with Gasteiger partial charge in [-0.25, -0.2) is 4.98 Å². The number of anilines is 1. The molecule has 106 valence electrons. The summed E-state index contributed by atoms with van der Waals surface area (Å²) in [6, 6.07) is 3.84. The zero-order chi connectivity index (χ0) is 13.7. The normalized spacial score (nSPS) is 21.4. The van der Waals surface area contributed by atoms with Gasteiger partial charge in [0.25, 0.3) is 0 Å². The highest BCUT2D eigenvalue weighted by Crippen LogP contribution is 2.22. The molecular weight excluding hydrogens is 240 g/mol. The topological polar surface area (TPSA) is 45.6 Å². The molecule has 0 amide bonds. The van der Waals surface area contributed by atoms with Crippen molar-refractivity contribution < 1.29 is 9.84 Å². The van der Waals surface area contributed by atoms with Crippen LogP contribution in [0, 0.1) is 0 Å². The molecule has 0 radical (unpaired) electrons. The van der Waals surface area contributed by atoms with Crippen LogP contribution in [0.5, 0.6) is 0 Å². The molecule has 2 heterocycles. The lowest BCUT2D eigenvalue weighted by Crippen LogP contribution is -2.40. The molecule has 1 aromatic heterocycles. The Balaban J connectivity index is 2.02. The van der Waals surface area contributed by atoms with Gasteiger partial charge in [-0.3, -0.25) is 0 Å². The molecular formula is C15H24N2O2. The van der Waals surface area contributed by atoms with E-state index < -0.39 is 6.10 Å². The Hall–Kier alpha value is -1.13. The highest BCUT2D eigenvalue weighted by Gasteiger charge is 2.21. The van der Waals surface area contributed by atoms with Crippen molar-refractivity contribution in [2.75, 3.05) is 24.6 Å². The maximum Gasteiger partial charge on any atom is 0.128 e. The lowest BCUT2D eigenvalue weighted by atomic mass is 10.1. The number of piperidine rings is 1. The molecule has 1 aliphatic heterocycles. The van der Waals surface area contributed by atoms with Crippen molar-refractivity contribution in [2.45, 2.75) is 45.3 Å². The van der Waals surface area contributed by atoms with E-state index in [1.807, 2.05) is 12.1 Å². The monoisotopic (exact) mass is 264 g/mol. The minimum absolute atomic E-state index is 0.311. The second-order valence-corrected chi connectivity index (χ2v) is 5.20. The summed E-state index contributed by atoms with van der Waals surface area (Å²) in [4.78, 5) is 6.68. The molecule has 1 saturated heterocycles. The summed E-state index contributed by atoms with van der Waals surface area (Å²) in [6.07, 6.45) is 4.96. The van der Waals surface area contributed by atoms with Crippen LogP contribution in [0.3, 0.4) is 0 Å². The molecule has 1 aromatic rings. The minimum atomic E-state index is -0.446. The van der Waals surface area contributed by atoms with Crippen molar-refractivity contribution in [3.05, 3.63) is 23.9 Å². The second kappa shape index (κ2) is 6.87. The molecule has 4 nitrogen and oxygen atoms in total. The molecule has 1 unspecified atom stereocenters. The van der Waals surface area contributed by atoms with E-state index >= 15 is 0 Å². The zero-order valence-electron chi connectivity index (χ0n) is 11.9. The third kappa shape index (κ3) is 3.91. The highest BCUT2D eigenvalue weighted by molar-refractivity contribution is 5.42. The summed E-state index contributed by atoms with van der Waals surface area (Å²) in [6.45, 7) is 6.66. The van der Waals surface area contributed by atoms with Crippen LogP contribution < -0.4 is 4.90 Å². The Labute approximate surface area is 115 Å². The third-order valence-electron chi connectivity index (χ3n) is 3.51. The summed E-state index contributed by atoms with van der Waals surface area (Å²) in [5.74, 6) is 0.947. The smallest absolute Gasteiger partial charge is 0.128 e. The van der Waals surface area contributed by atoms with Gasteiger partial charge < -0.3 is 14.7 Å². The summed E-state index contributed by atoms with van der Waals surface area (Å²) in [5, 5.41) is 9.64. The molecule has 19 heavy (non-hydrogen) atoms. The van der Waals surface area contributed by atoms with Crippen LogP contribution in [0.1, 0.15) is 44.8 Å². The van der Waals surface area contributed by atoms with Gasteiger partial charge in [-0.1, -0.05) is 6.92 Å². The molecule has 0 saturated carbocycles. The lowest BCUT2D eigenvalue weighted by molar-refractivity contribution is 0.0439. The average molecular weight is 264 g/mol. The van der Waals surface area contributed by atoms with E-state index in [-0.39, 0.29) is 0 Å². The van der Waals surface area contributed by atoms with Crippen molar-refractivity contribution in [3.63, 3.8) is 0 Å². The zero-order valence-corrected chi connectivity index (χ0v) is 11.9. The van der Waals surface area contributed by atoms with Crippen molar-refractivity contribution in [2.24, 2.45) is 0 Å². The molecule has 2 atom stereocenters. The first kappa shape index (κ1) is 14.3. The summed E-state index contributed by atoms with van der Waals surface area (Å²) in [7, 11) is 0. The standard InChI is InChI=1S/C15H24N2O2/c1-3-9-19-14-5-4-8-17(11-14)15-10-13(12(2)18)6-7-16-15/h6-7,10,12,14,18H,3-5,8-9,11H2,1-2H3/t12-,14?/m1/s1. The van der Waals surface area contributed by atoms with E-state index in [9.17, 15) is 5.11 Å². The van der Waals surface area contributed by atoms with E-state index in [4.69, 9.17) is 4.74 Å². The molecule has 2 rings (SSSR count). The SMILES string of the molecule is CCCOC1CCCN(c2cc([C@@H](C)O)ccn2)C1. The van der Waals surface area contributed by atoms with E-state index in [0.29, 0.717) is 6.10 Å². The van der Waals surface area contributed by atoms with E-state index in [2.05, 4.69) is 16.8 Å². The lowest BCUT2D eigenvalue weighted by Gasteiger charge is -2.33. The number of pyridine rings is 1. The Morgan fingerprint density at radius 2 is 2.42 bits per heavy atom. The first-order valence-electron chi connectivity index (χ1n) is 7.21. The van der Waals surface area contributed by atoms with Crippen molar-refractivity contribution >= 4 is 5.82 Å². The Kier molecular flexibility index (Phi) is 5.16. The molecule has 0 aromatic carbocycles. The van der Waals surface area contributed by atoms with Gasteiger partial charge in [0, 0.05) is 25.9 Å². The number of hydrogen-bond acceptors (Lipinski definition) is 4. The van der Waals surface area contributed by atoms with Gasteiger partial charge in [0.1, 0.15) is 5.82 Å². The van der Waals surface area contributed by atoms with Crippen molar-refractivity contribution in [1.29, 1.82) is 0 Å². The number of aliphatic hydroxyl groups excluding tert-OH is 1. The predicted molar refractivity (Wildman–Crippen MR) is 76.3 cm³/mol. The Morgan fingerprint density at radius 3 is 3.16 bits per heavy atom. The molecule has 1 fully saturated rings. The number of hydrogen-bond donors (Lipinski definition) is 1. The molecule has 4 heteroatoms.